The van der Waals surface area contributed by atoms with Crippen LogP contribution >= 0.6 is 0 Å². The van der Waals surface area contributed by atoms with Gasteiger partial charge in [0.1, 0.15) is 0 Å². The van der Waals surface area contributed by atoms with Gasteiger partial charge in [-0.1, -0.05) is 20.3 Å². The van der Waals surface area contributed by atoms with E-state index < -0.39 is 0 Å². The Kier molecular flexibility index (Phi) is 3.68. The van der Waals surface area contributed by atoms with Gasteiger partial charge in [0.15, 0.2) is 0 Å². The second-order valence-electron chi connectivity index (χ2n) is 5.81. The van der Waals surface area contributed by atoms with Gasteiger partial charge in [-0.25, -0.2) is 0 Å². The third-order valence-electron chi connectivity index (χ3n) is 4.40. The van der Waals surface area contributed by atoms with E-state index in [1.54, 1.807) is 0 Å². The zero-order chi connectivity index (χ0) is 10.8. The predicted molar refractivity (Wildman–Crippen MR) is 62.7 cm³/mol. The van der Waals surface area contributed by atoms with Crippen LogP contribution < -0.4 is 5.32 Å². The van der Waals surface area contributed by atoms with E-state index in [0.29, 0.717) is 0 Å². The van der Waals surface area contributed by atoms with E-state index in [4.69, 9.17) is 0 Å². The minimum atomic E-state index is -0.00185. The lowest BCUT2D eigenvalue weighted by Gasteiger charge is -2.38. The van der Waals surface area contributed by atoms with Crippen molar-refractivity contribution < 1.29 is 5.11 Å². The van der Waals surface area contributed by atoms with Crippen LogP contribution in [0.25, 0.3) is 0 Å². The molecule has 0 aromatic heterocycles. The molecular weight excluding hydrogens is 186 g/mol. The molecule has 88 valence electrons. The van der Waals surface area contributed by atoms with Crippen molar-refractivity contribution in [3.05, 3.63) is 0 Å². The summed E-state index contributed by atoms with van der Waals surface area (Å²) in [6, 6.07) is 0.719. The van der Waals surface area contributed by atoms with Crippen molar-refractivity contribution in [1.82, 2.24) is 5.32 Å². The highest BCUT2D eigenvalue weighted by Gasteiger charge is 2.31. The predicted octanol–water partition coefficient (Wildman–Crippen LogP) is 2.17. The van der Waals surface area contributed by atoms with E-state index in [0.717, 1.165) is 43.2 Å². The molecule has 0 saturated heterocycles. The quantitative estimate of drug-likeness (QED) is 0.750. The van der Waals surface area contributed by atoms with E-state index in [1.807, 2.05) is 0 Å². The SMILES string of the molecule is CC1CCCC(C)C1NCC1CC(O)C1. The first-order valence-electron chi connectivity index (χ1n) is 6.58. The van der Waals surface area contributed by atoms with Crippen LogP contribution in [-0.2, 0) is 0 Å². The lowest BCUT2D eigenvalue weighted by molar-refractivity contribution is 0.0385. The van der Waals surface area contributed by atoms with Crippen LogP contribution in [0.3, 0.4) is 0 Å². The van der Waals surface area contributed by atoms with Crippen LogP contribution in [0, 0.1) is 17.8 Å². The maximum Gasteiger partial charge on any atom is 0.0546 e. The number of hydrogen-bond donors (Lipinski definition) is 2. The highest BCUT2D eigenvalue weighted by molar-refractivity contribution is 4.86. The average Bonchev–Trinajstić information content (AvgIpc) is 2.14. The van der Waals surface area contributed by atoms with Gasteiger partial charge in [-0.2, -0.15) is 0 Å². The van der Waals surface area contributed by atoms with E-state index in [9.17, 15) is 5.11 Å². The largest absolute Gasteiger partial charge is 0.393 e. The fourth-order valence-corrected chi connectivity index (χ4v) is 3.25. The first kappa shape index (κ1) is 11.4. The Hall–Kier alpha value is -0.0800. The molecule has 15 heavy (non-hydrogen) atoms. The van der Waals surface area contributed by atoms with Crippen LogP contribution in [0.4, 0.5) is 0 Å². The molecule has 2 aliphatic carbocycles. The Balaban J connectivity index is 1.72. The first-order valence-corrected chi connectivity index (χ1v) is 6.58. The maximum absolute atomic E-state index is 9.23. The summed E-state index contributed by atoms with van der Waals surface area (Å²) >= 11 is 0. The van der Waals surface area contributed by atoms with Gasteiger partial charge in [0, 0.05) is 6.04 Å². The van der Waals surface area contributed by atoms with Crippen molar-refractivity contribution in [2.24, 2.45) is 17.8 Å². The van der Waals surface area contributed by atoms with E-state index in [-0.39, 0.29) is 6.10 Å². The van der Waals surface area contributed by atoms with Crippen molar-refractivity contribution >= 4 is 0 Å². The molecule has 0 spiro atoms. The second kappa shape index (κ2) is 4.84. The number of rotatable bonds is 3. The Labute approximate surface area is 93.5 Å². The fourth-order valence-electron chi connectivity index (χ4n) is 3.25. The van der Waals surface area contributed by atoms with Crippen LogP contribution in [0.15, 0.2) is 0 Å². The minimum absolute atomic E-state index is 0.00185. The maximum atomic E-state index is 9.23. The second-order valence-corrected chi connectivity index (χ2v) is 5.81. The summed E-state index contributed by atoms with van der Waals surface area (Å²) in [6.07, 6.45) is 6.20. The standard InChI is InChI=1S/C13H25NO/c1-9-4-3-5-10(2)13(9)14-8-11-6-12(15)7-11/h9-15H,3-8H2,1-2H3. The van der Waals surface area contributed by atoms with Crippen LogP contribution in [0.2, 0.25) is 0 Å². The number of aliphatic hydroxyl groups excluding tert-OH is 1. The summed E-state index contributed by atoms with van der Waals surface area (Å²) in [5, 5.41) is 13.0. The van der Waals surface area contributed by atoms with Gasteiger partial charge >= 0.3 is 0 Å². The molecule has 0 bridgehead atoms. The zero-order valence-corrected chi connectivity index (χ0v) is 10.1. The monoisotopic (exact) mass is 211 g/mol. The van der Waals surface area contributed by atoms with E-state index >= 15 is 0 Å². The summed E-state index contributed by atoms with van der Waals surface area (Å²) in [7, 11) is 0. The van der Waals surface area contributed by atoms with E-state index in [2.05, 4.69) is 19.2 Å². The third-order valence-corrected chi connectivity index (χ3v) is 4.40. The normalized spacial score (nSPS) is 46.2. The summed E-state index contributed by atoms with van der Waals surface area (Å²) in [6.45, 7) is 5.88. The molecule has 0 radical (unpaired) electrons. The highest BCUT2D eigenvalue weighted by atomic mass is 16.3. The Morgan fingerprint density at radius 1 is 1.13 bits per heavy atom. The number of hydrogen-bond acceptors (Lipinski definition) is 2. The molecule has 0 aromatic rings. The van der Waals surface area contributed by atoms with Gasteiger partial charge in [-0.15, -0.1) is 0 Å². The molecule has 0 amide bonds. The Bertz CT molecular complexity index is 191. The molecule has 2 rings (SSSR count). The number of nitrogens with one attached hydrogen (secondary N) is 1. The van der Waals surface area contributed by atoms with Crippen molar-refractivity contribution in [1.29, 1.82) is 0 Å². The van der Waals surface area contributed by atoms with Gasteiger partial charge in [-0.3, -0.25) is 0 Å². The van der Waals surface area contributed by atoms with Gasteiger partial charge < -0.3 is 10.4 Å². The average molecular weight is 211 g/mol. The summed E-state index contributed by atoms with van der Waals surface area (Å²) in [5.41, 5.74) is 0. The van der Waals surface area contributed by atoms with Crippen molar-refractivity contribution in [3.63, 3.8) is 0 Å². The summed E-state index contributed by atoms with van der Waals surface area (Å²) in [4.78, 5) is 0. The van der Waals surface area contributed by atoms with Crippen molar-refractivity contribution in [2.75, 3.05) is 6.54 Å². The van der Waals surface area contributed by atoms with Gasteiger partial charge in [0.25, 0.3) is 0 Å². The van der Waals surface area contributed by atoms with Gasteiger partial charge in [0.05, 0.1) is 6.10 Å². The smallest absolute Gasteiger partial charge is 0.0546 e. The molecule has 2 unspecified atom stereocenters. The summed E-state index contributed by atoms with van der Waals surface area (Å²) in [5.74, 6) is 2.40. The molecule has 2 aliphatic rings. The molecule has 0 aromatic carbocycles. The van der Waals surface area contributed by atoms with Crippen molar-refractivity contribution in [3.8, 4) is 0 Å². The van der Waals surface area contributed by atoms with Crippen LogP contribution in [0.5, 0.6) is 0 Å². The third kappa shape index (κ3) is 2.73. The first-order chi connectivity index (χ1) is 7.16. The fraction of sp³-hybridized carbons (Fsp3) is 1.00. The molecule has 0 heterocycles. The summed E-state index contributed by atoms with van der Waals surface area (Å²) < 4.78 is 0. The van der Waals surface area contributed by atoms with Crippen molar-refractivity contribution in [2.45, 2.75) is 58.1 Å². The molecule has 2 nitrogen and oxygen atoms in total. The molecule has 2 atom stereocenters. The molecule has 0 aliphatic heterocycles. The lowest BCUT2D eigenvalue weighted by Crippen LogP contribution is -2.47. The number of aliphatic hydroxyl groups is 1. The molecular formula is C13H25NO. The van der Waals surface area contributed by atoms with Gasteiger partial charge in [0.2, 0.25) is 0 Å². The highest BCUT2D eigenvalue weighted by Crippen LogP contribution is 2.31. The molecule has 2 saturated carbocycles. The molecule has 2 N–H and O–H groups in total. The Morgan fingerprint density at radius 2 is 1.73 bits per heavy atom. The van der Waals surface area contributed by atoms with Gasteiger partial charge in [-0.05, 0) is 50.0 Å². The molecule has 2 heteroatoms. The molecule has 2 fully saturated rings. The van der Waals surface area contributed by atoms with Crippen LogP contribution in [0.1, 0.15) is 46.0 Å². The Morgan fingerprint density at radius 3 is 2.27 bits per heavy atom. The van der Waals surface area contributed by atoms with E-state index in [1.165, 1.54) is 19.3 Å². The lowest BCUT2D eigenvalue weighted by atomic mass is 9.77. The zero-order valence-electron chi connectivity index (χ0n) is 10.1. The van der Waals surface area contributed by atoms with Crippen LogP contribution in [-0.4, -0.2) is 23.8 Å². The minimum Gasteiger partial charge on any atom is -0.393 e. The topological polar surface area (TPSA) is 32.3 Å².